The van der Waals surface area contributed by atoms with E-state index in [4.69, 9.17) is 5.73 Å². The predicted octanol–water partition coefficient (Wildman–Crippen LogP) is -0.0797. The number of aromatic nitrogens is 3. The van der Waals surface area contributed by atoms with E-state index >= 15 is 0 Å². The van der Waals surface area contributed by atoms with Crippen LogP contribution in [0.1, 0.15) is 16.2 Å². The molecule has 2 rings (SSSR count). The monoisotopic (exact) mass is 221 g/mol. The van der Waals surface area contributed by atoms with E-state index < -0.39 is 5.91 Å². The minimum atomic E-state index is -0.403. The maximum atomic E-state index is 11.6. The summed E-state index contributed by atoms with van der Waals surface area (Å²) in [7, 11) is 1.90. The molecule has 2 heterocycles. The lowest BCUT2D eigenvalue weighted by molar-refractivity contribution is 0.0941. The van der Waals surface area contributed by atoms with Gasteiger partial charge in [0.25, 0.3) is 5.91 Å². The number of aryl methyl sites for hydroxylation is 1. The standard InChI is InChI=1S/C9H11N5O2/c1-14-4-2-3-6(14)5-11-9(15)7-8(10)13-16-12-7/h2-4H,5H2,1H3,(H2,10,13)(H,11,15). The molecule has 0 radical (unpaired) electrons. The van der Waals surface area contributed by atoms with Crippen molar-refractivity contribution >= 4 is 11.7 Å². The summed E-state index contributed by atoms with van der Waals surface area (Å²) in [6, 6.07) is 3.80. The Morgan fingerprint density at radius 1 is 1.62 bits per heavy atom. The number of nitrogens with one attached hydrogen (secondary N) is 1. The molecule has 0 aliphatic carbocycles. The second-order valence-electron chi connectivity index (χ2n) is 3.29. The molecule has 0 spiro atoms. The molecule has 1 amide bonds. The number of hydrogen-bond acceptors (Lipinski definition) is 5. The van der Waals surface area contributed by atoms with Crippen molar-refractivity contribution in [2.24, 2.45) is 7.05 Å². The summed E-state index contributed by atoms with van der Waals surface area (Å²) in [6.45, 7) is 0.397. The van der Waals surface area contributed by atoms with Gasteiger partial charge in [0.1, 0.15) is 0 Å². The fraction of sp³-hybridized carbons (Fsp3) is 0.222. The molecule has 0 bridgehead atoms. The van der Waals surface area contributed by atoms with Crippen molar-refractivity contribution in [3.8, 4) is 0 Å². The van der Waals surface area contributed by atoms with E-state index in [1.54, 1.807) is 0 Å². The number of nitrogen functional groups attached to an aromatic ring is 1. The summed E-state index contributed by atoms with van der Waals surface area (Å²) in [4.78, 5) is 11.6. The maximum absolute atomic E-state index is 11.6. The summed E-state index contributed by atoms with van der Waals surface area (Å²) < 4.78 is 6.24. The molecular formula is C9H11N5O2. The number of hydrogen-bond donors (Lipinski definition) is 2. The highest BCUT2D eigenvalue weighted by atomic mass is 16.6. The zero-order valence-corrected chi connectivity index (χ0v) is 8.67. The van der Waals surface area contributed by atoms with Crippen molar-refractivity contribution in [2.45, 2.75) is 6.54 Å². The second kappa shape index (κ2) is 4.05. The molecule has 0 aliphatic heterocycles. The quantitative estimate of drug-likeness (QED) is 0.755. The van der Waals surface area contributed by atoms with E-state index in [2.05, 4.69) is 20.3 Å². The molecule has 16 heavy (non-hydrogen) atoms. The van der Waals surface area contributed by atoms with Crippen molar-refractivity contribution in [1.82, 2.24) is 20.2 Å². The van der Waals surface area contributed by atoms with Crippen LogP contribution >= 0.6 is 0 Å². The SMILES string of the molecule is Cn1cccc1CNC(=O)c1nonc1N. The lowest BCUT2D eigenvalue weighted by Gasteiger charge is -2.04. The van der Waals surface area contributed by atoms with E-state index in [0.29, 0.717) is 6.54 Å². The van der Waals surface area contributed by atoms with Crippen molar-refractivity contribution in [2.75, 3.05) is 5.73 Å². The number of carbonyl (C=O) groups excluding carboxylic acids is 1. The first-order chi connectivity index (χ1) is 7.68. The first-order valence-corrected chi connectivity index (χ1v) is 4.65. The molecule has 7 heteroatoms. The van der Waals surface area contributed by atoms with Gasteiger partial charge >= 0.3 is 0 Å². The number of carbonyl (C=O) groups is 1. The fourth-order valence-corrected chi connectivity index (χ4v) is 1.29. The molecule has 7 nitrogen and oxygen atoms in total. The summed E-state index contributed by atoms with van der Waals surface area (Å²) in [6.07, 6.45) is 1.90. The van der Waals surface area contributed by atoms with Crippen LogP contribution in [0.15, 0.2) is 23.0 Å². The Kier molecular flexibility index (Phi) is 2.59. The Bertz CT molecular complexity index is 501. The van der Waals surface area contributed by atoms with Gasteiger partial charge in [-0.25, -0.2) is 4.63 Å². The van der Waals surface area contributed by atoms with E-state index in [1.807, 2.05) is 29.9 Å². The van der Waals surface area contributed by atoms with Gasteiger partial charge < -0.3 is 15.6 Å². The van der Waals surface area contributed by atoms with Crippen molar-refractivity contribution in [3.05, 3.63) is 29.7 Å². The number of anilines is 1. The van der Waals surface area contributed by atoms with Gasteiger partial charge in [0.05, 0.1) is 6.54 Å². The Hall–Kier alpha value is -2.31. The van der Waals surface area contributed by atoms with Gasteiger partial charge in [-0.3, -0.25) is 4.79 Å². The molecule has 0 fully saturated rings. The fourth-order valence-electron chi connectivity index (χ4n) is 1.29. The first-order valence-electron chi connectivity index (χ1n) is 4.65. The van der Waals surface area contributed by atoms with Gasteiger partial charge in [-0.05, 0) is 22.4 Å². The van der Waals surface area contributed by atoms with Crippen LogP contribution < -0.4 is 11.1 Å². The molecule has 2 aromatic heterocycles. The van der Waals surface area contributed by atoms with E-state index in [0.717, 1.165) is 5.69 Å². The summed E-state index contributed by atoms with van der Waals surface area (Å²) in [5.41, 5.74) is 6.37. The zero-order chi connectivity index (χ0) is 11.5. The Balaban J connectivity index is 1.99. The molecule has 2 aromatic rings. The molecule has 0 unspecified atom stereocenters. The second-order valence-corrected chi connectivity index (χ2v) is 3.29. The van der Waals surface area contributed by atoms with Gasteiger partial charge in [-0.1, -0.05) is 0 Å². The molecule has 0 saturated carbocycles. The van der Waals surface area contributed by atoms with E-state index in [1.165, 1.54) is 0 Å². The molecule has 3 N–H and O–H groups in total. The summed E-state index contributed by atoms with van der Waals surface area (Å²) in [5.74, 6) is -0.413. The van der Waals surface area contributed by atoms with Crippen molar-refractivity contribution < 1.29 is 9.42 Å². The predicted molar refractivity (Wildman–Crippen MR) is 55.3 cm³/mol. The topological polar surface area (TPSA) is 99.0 Å². The van der Waals surface area contributed by atoms with Crippen LogP contribution in [0.25, 0.3) is 0 Å². The minimum absolute atomic E-state index is 0.00853. The minimum Gasteiger partial charge on any atom is -0.379 e. The van der Waals surface area contributed by atoms with Gasteiger partial charge in [-0.2, -0.15) is 0 Å². The first kappa shape index (κ1) is 10.2. The van der Waals surface area contributed by atoms with Gasteiger partial charge in [0.2, 0.25) is 11.5 Å². The third kappa shape index (κ3) is 1.88. The molecule has 0 aliphatic rings. The largest absolute Gasteiger partial charge is 0.379 e. The Morgan fingerprint density at radius 3 is 3.00 bits per heavy atom. The van der Waals surface area contributed by atoms with Crippen LogP contribution in [-0.4, -0.2) is 20.8 Å². The summed E-state index contributed by atoms with van der Waals surface area (Å²) in [5, 5.41) is 9.40. The van der Waals surface area contributed by atoms with Crippen LogP contribution in [0.4, 0.5) is 5.82 Å². The number of nitrogens with zero attached hydrogens (tertiary/aromatic N) is 3. The van der Waals surface area contributed by atoms with Gasteiger partial charge in [0.15, 0.2) is 0 Å². The Labute approximate surface area is 91.2 Å². The molecule has 84 valence electrons. The highest BCUT2D eigenvalue weighted by molar-refractivity contribution is 5.95. The Morgan fingerprint density at radius 2 is 2.44 bits per heavy atom. The zero-order valence-electron chi connectivity index (χ0n) is 8.67. The third-order valence-electron chi connectivity index (χ3n) is 2.21. The van der Waals surface area contributed by atoms with Crippen molar-refractivity contribution in [1.29, 1.82) is 0 Å². The molecule has 0 atom stereocenters. The average Bonchev–Trinajstić information content (AvgIpc) is 2.84. The summed E-state index contributed by atoms with van der Waals surface area (Å²) >= 11 is 0. The number of rotatable bonds is 3. The van der Waals surface area contributed by atoms with Crippen molar-refractivity contribution in [3.63, 3.8) is 0 Å². The normalized spacial score (nSPS) is 10.3. The average molecular weight is 221 g/mol. The highest BCUT2D eigenvalue weighted by Gasteiger charge is 2.15. The molecular weight excluding hydrogens is 210 g/mol. The van der Waals surface area contributed by atoms with E-state index in [9.17, 15) is 4.79 Å². The number of amides is 1. The van der Waals surface area contributed by atoms with Gasteiger partial charge in [-0.15, -0.1) is 0 Å². The lowest BCUT2D eigenvalue weighted by Crippen LogP contribution is -2.25. The maximum Gasteiger partial charge on any atom is 0.277 e. The van der Waals surface area contributed by atoms with E-state index in [-0.39, 0.29) is 11.5 Å². The smallest absolute Gasteiger partial charge is 0.277 e. The molecule has 0 aromatic carbocycles. The molecule has 0 saturated heterocycles. The van der Waals surface area contributed by atoms with Crippen LogP contribution in [-0.2, 0) is 13.6 Å². The van der Waals surface area contributed by atoms with Crippen LogP contribution in [0, 0.1) is 0 Å². The third-order valence-corrected chi connectivity index (χ3v) is 2.21. The van der Waals surface area contributed by atoms with Crippen LogP contribution in [0.3, 0.4) is 0 Å². The highest BCUT2D eigenvalue weighted by Crippen LogP contribution is 2.04. The number of nitrogens with two attached hydrogens (primary N) is 1. The van der Waals surface area contributed by atoms with Crippen LogP contribution in [0.5, 0.6) is 0 Å². The van der Waals surface area contributed by atoms with Gasteiger partial charge in [0, 0.05) is 18.9 Å². The van der Waals surface area contributed by atoms with Crippen LogP contribution in [0.2, 0.25) is 0 Å². The lowest BCUT2D eigenvalue weighted by atomic mass is 10.3.